The molecule has 1 amide bonds. The lowest BCUT2D eigenvalue weighted by Crippen LogP contribution is -2.41. The quantitative estimate of drug-likeness (QED) is 0.463. The van der Waals surface area contributed by atoms with Crippen LogP contribution in [-0.4, -0.2) is 20.9 Å². The Kier molecular flexibility index (Phi) is 7.29. The summed E-state index contributed by atoms with van der Waals surface area (Å²) >= 11 is 6.01. The number of fused-ring (bicyclic) bond motifs is 1. The Morgan fingerprint density at radius 1 is 0.971 bits per heavy atom. The SMILES string of the molecule is Cc1ccc(S(=O)(=O)N(CC(=O)N[C@H](C)c2ccc3c(c2)CCCC3)c2ccc(Cl)cc2)cc1. The van der Waals surface area contributed by atoms with Crippen molar-refractivity contribution >= 4 is 33.2 Å². The number of halogens is 1. The van der Waals surface area contributed by atoms with Crippen LogP contribution in [0.5, 0.6) is 0 Å². The van der Waals surface area contributed by atoms with Crippen LogP contribution in [0.3, 0.4) is 0 Å². The lowest BCUT2D eigenvalue weighted by atomic mass is 9.89. The van der Waals surface area contributed by atoms with Crippen molar-refractivity contribution in [2.75, 3.05) is 10.8 Å². The molecule has 3 aromatic rings. The molecule has 1 aliphatic carbocycles. The highest BCUT2D eigenvalue weighted by atomic mass is 35.5. The molecular weight excluding hydrogens is 468 g/mol. The maximum atomic E-state index is 13.5. The molecule has 0 aliphatic heterocycles. The van der Waals surface area contributed by atoms with Gasteiger partial charge in [0.1, 0.15) is 6.54 Å². The van der Waals surface area contributed by atoms with Crippen LogP contribution in [0.4, 0.5) is 5.69 Å². The minimum absolute atomic E-state index is 0.128. The first-order chi connectivity index (χ1) is 16.2. The number of sulfonamides is 1. The van der Waals surface area contributed by atoms with Gasteiger partial charge in [-0.1, -0.05) is 47.5 Å². The number of hydrogen-bond acceptors (Lipinski definition) is 3. The summed E-state index contributed by atoms with van der Waals surface area (Å²) in [6.45, 7) is 3.47. The smallest absolute Gasteiger partial charge is 0.264 e. The Morgan fingerprint density at radius 2 is 1.62 bits per heavy atom. The number of amides is 1. The molecule has 0 saturated heterocycles. The first-order valence-corrected chi connectivity index (χ1v) is 13.3. The van der Waals surface area contributed by atoms with Crippen molar-refractivity contribution in [1.82, 2.24) is 5.32 Å². The van der Waals surface area contributed by atoms with Gasteiger partial charge in [0.2, 0.25) is 5.91 Å². The molecule has 1 atom stereocenters. The van der Waals surface area contributed by atoms with Crippen LogP contribution in [-0.2, 0) is 27.7 Å². The molecule has 0 radical (unpaired) electrons. The van der Waals surface area contributed by atoms with Crippen LogP contribution in [0.25, 0.3) is 0 Å². The maximum absolute atomic E-state index is 13.5. The van der Waals surface area contributed by atoms with Gasteiger partial charge in [-0.2, -0.15) is 0 Å². The van der Waals surface area contributed by atoms with Crippen molar-refractivity contribution in [1.29, 1.82) is 0 Å². The zero-order chi connectivity index (χ0) is 24.3. The predicted octanol–water partition coefficient (Wildman–Crippen LogP) is 5.60. The minimum atomic E-state index is -3.96. The Balaban J connectivity index is 1.56. The number of carbonyl (C=O) groups is 1. The Morgan fingerprint density at radius 3 is 2.29 bits per heavy atom. The summed E-state index contributed by atoms with van der Waals surface area (Å²) in [5.41, 5.74) is 5.07. The molecule has 0 bridgehead atoms. The van der Waals surface area contributed by atoms with E-state index in [1.807, 2.05) is 13.8 Å². The molecule has 5 nitrogen and oxygen atoms in total. The van der Waals surface area contributed by atoms with E-state index in [0.717, 1.165) is 28.3 Å². The van der Waals surface area contributed by atoms with Crippen LogP contribution in [0.15, 0.2) is 71.6 Å². The molecule has 7 heteroatoms. The molecule has 0 unspecified atom stereocenters. The number of nitrogens with one attached hydrogen (secondary N) is 1. The summed E-state index contributed by atoms with van der Waals surface area (Å²) in [6, 6.07) is 19.2. The highest BCUT2D eigenvalue weighted by Crippen LogP contribution is 2.27. The highest BCUT2D eigenvalue weighted by molar-refractivity contribution is 7.92. The van der Waals surface area contributed by atoms with E-state index >= 15 is 0 Å². The third-order valence-corrected chi connectivity index (χ3v) is 8.30. The van der Waals surface area contributed by atoms with Crippen molar-refractivity contribution in [2.45, 2.75) is 50.5 Å². The number of anilines is 1. The van der Waals surface area contributed by atoms with Crippen molar-refractivity contribution < 1.29 is 13.2 Å². The fraction of sp³-hybridized carbons (Fsp3) is 0.296. The number of carbonyl (C=O) groups excluding carboxylic acids is 1. The van der Waals surface area contributed by atoms with Crippen molar-refractivity contribution in [2.24, 2.45) is 0 Å². The first-order valence-electron chi connectivity index (χ1n) is 11.5. The summed E-state index contributed by atoms with van der Waals surface area (Å²) in [5, 5.41) is 3.46. The van der Waals surface area contributed by atoms with Gasteiger partial charge in [-0.05, 0) is 92.6 Å². The van der Waals surface area contributed by atoms with E-state index < -0.39 is 10.0 Å². The van der Waals surface area contributed by atoms with Crippen molar-refractivity contribution in [3.63, 3.8) is 0 Å². The van der Waals surface area contributed by atoms with Crippen LogP contribution in [0.1, 0.15) is 48.1 Å². The monoisotopic (exact) mass is 496 g/mol. The minimum Gasteiger partial charge on any atom is -0.348 e. The predicted molar refractivity (Wildman–Crippen MR) is 137 cm³/mol. The van der Waals surface area contributed by atoms with Gasteiger partial charge in [0.15, 0.2) is 0 Å². The van der Waals surface area contributed by atoms with E-state index in [1.165, 1.54) is 24.0 Å². The second-order valence-corrected chi connectivity index (χ2v) is 11.1. The molecule has 3 aromatic carbocycles. The van der Waals surface area contributed by atoms with E-state index in [-0.39, 0.29) is 23.4 Å². The van der Waals surface area contributed by atoms with E-state index in [2.05, 4.69) is 23.5 Å². The fourth-order valence-electron chi connectivity index (χ4n) is 4.28. The highest BCUT2D eigenvalue weighted by Gasteiger charge is 2.28. The van der Waals surface area contributed by atoms with Gasteiger partial charge in [-0.3, -0.25) is 9.10 Å². The first kappa shape index (κ1) is 24.3. The van der Waals surface area contributed by atoms with Gasteiger partial charge < -0.3 is 5.32 Å². The fourth-order valence-corrected chi connectivity index (χ4v) is 5.83. The maximum Gasteiger partial charge on any atom is 0.264 e. The number of hydrogen-bond donors (Lipinski definition) is 1. The Hall–Kier alpha value is -2.83. The normalized spacial score (nSPS) is 14.2. The number of benzene rings is 3. The zero-order valence-electron chi connectivity index (χ0n) is 19.4. The molecule has 1 aliphatic rings. The summed E-state index contributed by atoms with van der Waals surface area (Å²) in [4.78, 5) is 13.2. The number of aryl methyl sites for hydroxylation is 3. The summed E-state index contributed by atoms with van der Waals surface area (Å²) < 4.78 is 28.1. The van der Waals surface area contributed by atoms with E-state index in [9.17, 15) is 13.2 Å². The molecule has 0 spiro atoms. The molecular formula is C27H29ClN2O3S. The third kappa shape index (κ3) is 5.45. The summed E-state index contributed by atoms with van der Waals surface area (Å²) in [6.07, 6.45) is 4.56. The molecule has 0 saturated carbocycles. The van der Waals surface area contributed by atoms with Crippen molar-refractivity contribution in [3.05, 3.63) is 94.0 Å². The van der Waals surface area contributed by atoms with Crippen LogP contribution in [0.2, 0.25) is 5.02 Å². The van der Waals surface area contributed by atoms with Gasteiger partial charge in [-0.15, -0.1) is 0 Å². The molecule has 0 fully saturated rings. The van der Waals surface area contributed by atoms with E-state index in [1.54, 1.807) is 48.5 Å². The van der Waals surface area contributed by atoms with Gasteiger partial charge in [0, 0.05) is 5.02 Å². The average Bonchev–Trinajstić information content (AvgIpc) is 2.83. The van der Waals surface area contributed by atoms with Crippen LogP contribution >= 0.6 is 11.6 Å². The summed E-state index contributed by atoms with van der Waals surface area (Å²) in [5.74, 6) is -0.379. The largest absolute Gasteiger partial charge is 0.348 e. The Labute approximate surface area is 206 Å². The van der Waals surface area contributed by atoms with Crippen molar-refractivity contribution in [3.8, 4) is 0 Å². The van der Waals surface area contributed by atoms with E-state index in [4.69, 9.17) is 11.6 Å². The molecule has 178 valence electrons. The van der Waals surface area contributed by atoms with Gasteiger partial charge in [0.25, 0.3) is 10.0 Å². The Bertz CT molecular complexity index is 1270. The number of rotatable bonds is 7. The molecule has 0 heterocycles. The van der Waals surface area contributed by atoms with Crippen LogP contribution in [0, 0.1) is 6.92 Å². The van der Waals surface area contributed by atoms with E-state index in [0.29, 0.717) is 10.7 Å². The molecule has 4 rings (SSSR count). The van der Waals surface area contributed by atoms with Gasteiger partial charge in [-0.25, -0.2) is 8.42 Å². The lowest BCUT2D eigenvalue weighted by Gasteiger charge is -2.25. The zero-order valence-corrected chi connectivity index (χ0v) is 21.0. The number of nitrogens with zero attached hydrogens (tertiary/aromatic N) is 1. The summed E-state index contributed by atoms with van der Waals surface area (Å²) in [7, 11) is -3.96. The van der Waals surface area contributed by atoms with Gasteiger partial charge in [0.05, 0.1) is 16.6 Å². The lowest BCUT2D eigenvalue weighted by molar-refractivity contribution is -0.120. The standard InChI is InChI=1S/C27H29ClN2O3S/c1-19-7-15-26(16-8-19)34(32,33)30(25-13-11-24(28)12-14-25)18-27(31)29-20(2)22-10-9-21-5-3-4-6-23(21)17-22/h7-17,20H,3-6,18H2,1-2H3,(H,29,31)/t20-/m1/s1. The second-order valence-electron chi connectivity index (χ2n) is 8.83. The topological polar surface area (TPSA) is 66.5 Å². The van der Waals surface area contributed by atoms with Crippen LogP contribution < -0.4 is 9.62 Å². The van der Waals surface area contributed by atoms with Gasteiger partial charge >= 0.3 is 0 Å². The molecule has 0 aromatic heterocycles. The second kappa shape index (κ2) is 10.2. The molecule has 34 heavy (non-hydrogen) atoms. The molecule has 1 N–H and O–H groups in total. The third-order valence-electron chi connectivity index (χ3n) is 6.26. The average molecular weight is 497 g/mol.